The number of likely N-dealkylation sites (N-methyl/N-ethyl adjacent to an activating group) is 2. The molecule has 0 spiro atoms. The molecule has 4 heteroatoms. The van der Waals surface area contributed by atoms with Crippen molar-refractivity contribution in [3.63, 3.8) is 0 Å². The molecular formula is C14H24N2O2. The Kier molecular flexibility index (Phi) is 4.99. The summed E-state index contributed by atoms with van der Waals surface area (Å²) in [6, 6.07) is 6.19. The van der Waals surface area contributed by atoms with Gasteiger partial charge in [-0.3, -0.25) is 0 Å². The van der Waals surface area contributed by atoms with E-state index in [9.17, 15) is 0 Å². The maximum absolute atomic E-state index is 5.34. The van der Waals surface area contributed by atoms with Gasteiger partial charge < -0.3 is 20.1 Å². The maximum atomic E-state index is 5.34. The molecule has 102 valence electrons. The van der Waals surface area contributed by atoms with Gasteiger partial charge in [0.05, 0.1) is 14.2 Å². The van der Waals surface area contributed by atoms with E-state index >= 15 is 0 Å². The molecule has 0 saturated heterocycles. The highest BCUT2D eigenvalue weighted by Crippen LogP contribution is 2.33. The molecule has 1 unspecified atom stereocenters. The summed E-state index contributed by atoms with van der Waals surface area (Å²) < 4.78 is 10.6. The van der Waals surface area contributed by atoms with Crippen LogP contribution in [0.25, 0.3) is 0 Å². The molecule has 4 nitrogen and oxygen atoms in total. The Bertz CT molecular complexity index is 391. The second-order valence-corrected chi connectivity index (χ2v) is 4.81. The second-order valence-electron chi connectivity index (χ2n) is 4.81. The zero-order valence-electron chi connectivity index (χ0n) is 12.1. The van der Waals surface area contributed by atoms with Crippen LogP contribution in [0.1, 0.15) is 25.5 Å². The predicted molar refractivity (Wildman–Crippen MR) is 74.5 cm³/mol. The summed E-state index contributed by atoms with van der Waals surface area (Å²) in [4.78, 5) is 0. The van der Waals surface area contributed by atoms with Gasteiger partial charge in [-0.15, -0.1) is 0 Å². The standard InChI is InChI=1S/C14H24N2O2/c1-14(2,16-4)13(15-3)10-7-8-11(17-5)12(9-10)18-6/h7-9,13,15-16H,1-6H3. The van der Waals surface area contributed by atoms with E-state index in [1.54, 1.807) is 14.2 Å². The summed E-state index contributed by atoms with van der Waals surface area (Å²) in [7, 11) is 7.22. The minimum absolute atomic E-state index is 0.0612. The molecule has 1 aromatic carbocycles. The van der Waals surface area contributed by atoms with E-state index in [0.717, 1.165) is 17.1 Å². The van der Waals surface area contributed by atoms with Gasteiger partial charge in [0.25, 0.3) is 0 Å². The van der Waals surface area contributed by atoms with Gasteiger partial charge in [-0.05, 0) is 45.6 Å². The largest absolute Gasteiger partial charge is 0.493 e. The summed E-state index contributed by atoms with van der Waals surface area (Å²) in [6.07, 6.45) is 0. The fraction of sp³-hybridized carbons (Fsp3) is 0.571. The van der Waals surface area contributed by atoms with Crippen LogP contribution >= 0.6 is 0 Å². The molecular weight excluding hydrogens is 228 g/mol. The minimum Gasteiger partial charge on any atom is -0.493 e. The van der Waals surface area contributed by atoms with Gasteiger partial charge in [0, 0.05) is 11.6 Å². The highest BCUT2D eigenvalue weighted by molar-refractivity contribution is 5.44. The van der Waals surface area contributed by atoms with E-state index in [2.05, 4.69) is 30.5 Å². The van der Waals surface area contributed by atoms with Crippen LogP contribution in [-0.2, 0) is 0 Å². The van der Waals surface area contributed by atoms with Gasteiger partial charge in [0.1, 0.15) is 0 Å². The zero-order valence-corrected chi connectivity index (χ0v) is 12.1. The number of benzene rings is 1. The second kappa shape index (κ2) is 6.07. The third-order valence-corrected chi connectivity index (χ3v) is 3.40. The van der Waals surface area contributed by atoms with Crippen molar-refractivity contribution >= 4 is 0 Å². The predicted octanol–water partition coefficient (Wildman–Crippen LogP) is 1.96. The Labute approximate surface area is 110 Å². The number of nitrogens with one attached hydrogen (secondary N) is 2. The molecule has 0 bridgehead atoms. The summed E-state index contributed by atoms with van der Waals surface area (Å²) in [5.74, 6) is 1.50. The highest BCUT2D eigenvalue weighted by atomic mass is 16.5. The van der Waals surface area contributed by atoms with Gasteiger partial charge in [-0.2, -0.15) is 0 Å². The molecule has 0 saturated carbocycles. The number of ether oxygens (including phenoxy) is 2. The van der Waals surface area contributed by atoms with Crippen LogP contribution in [0.4, 0.5) is 0 Å². The Morgan fingerprint density at radius 3 is 2.11 bits per heavy atom. The van der Waals surface area contributed by atoms with Crippen LogP contribution < -0.4 is 20.1 Å². The quantitative estimate of drug-likeness (QED) is 0.812. The summed E-state index contributed by atoms with van der Waals surface area (Å²) in [5.41, 5.74) is 1.10. The number of hydrogen-bond acceptors (Lipinski definition) is 4. The van der Waals surface area contributed by atoms with Crippen LogP contribution in [-0.4, -0.2) is 33.9 Å². The molecule has 0 aliphatic rings. The normalized spacial score (nSPS) is 13.2. The number of rotatable bonds is 6. The van der Waals surface area contributed by atoms with Crippen LogP contribution in [0.15, 0.2) is 18.2 Å². The molecule has 0 aliphatic carbocycles. The van der Waals surface area contributed by atoms with Crippen molar-refractivity contribution in [3.8, 4) is 11.5 Å². The molecule has 1 aromatic rings. The smallest absolute Gasteiger partial charge is 0.161 e. The topological polar surface area (TPSA) is 42.5 Å². The van der Waals surface area contributed by atoms with Gasteiger partial charge in [-0.25, -0.2) is 0 Å². The van der Waals surface area contributed by atoms with Crippen molar-refractivity contribution < 1.29 is 9.47 Å². The van der Waals surface area contributed by atoms with E-state index < -0.39 is 0 Å². The van der Waals surface area contributed by atoms with Crippen LogP contribution in [0, 0.1) is 0 Å². The van der Waals surface area contributed by atoms with E-state index in [1.807, 2.05) is 26.2 Å². The summed E-state index contributed by atoms with van der Waals surface area (Å²) in [6.45, 7) is 4.32. The summed E-state index contributed by atoms with van der Waals surface area (Å²) in [5, 5.41) is 6.66. The maximum Gasteiger partial charge on any atom is 0.161 e. The Morgan fingerprint density at radius 1 is 1.06 bits per heavy atom. The lowest BCUT2D eigenvalue weighted by Gasteiger charge is -2.34. The van der Waals surface area contributed by atoms with Crippen molar-refractivity contribution in [1.29, 1.82) is 0 Å². The zero-order chi connectivity index (χ0) is 13.8. The first kappa shape index (κ1) is 14.8. The number of methoxy groups -OCH3 is 2. The molecule has 2 N–H and O–H groups in total. The average Bonchev–Trinajstić information content (AvgIpc) is 2.39. The van der Waals surface area contributed by atoms with Crippen molar-refractivity contribution in [2.75, 3.05) is 28.3 Å². The third kappa shape index (κ3) is 2.94. The van der Waals surface area contributed by atoms with Crippen LogP contribution in [0.3, 0.4) is 0 Å². The number of hydrogen-bond donors (Lipinski definition) is 2. The molecule has 0 aromatic heterocycles. The Hall–Kier alpha value is -1.26. The van der Waals surface area contributed by atoms with Crippen LogP contribution in [0.2, 0.25) is 0 Å². The summed E-state index contributed by atoms with van der Waals surface area (Å²) >= 11 is 0. The van der Waals surface area contributed by atoms with E-state index in [1.165, 1.54) is 0 Å². The molecule has 18 heavy (non-hydrogen) atoms. The van der Waals surface area contributed by atoms with Crippen molar-refractivity contribution in [2.45, 2.75) is 25.4 Å². The lowest BCUT2D eigenvalue weighted by Crippen LogP contribution is -2.47. The molecule has 0 aliphatic heterocycles. The highest BCUT2D eigenvalue weighted by Gasteiger charge is 2.28. The molecule has 1 atom stereocenters. The molecule has 0 amide bonds. The Morgan fingerprint density at radius 2 is 1.67 bits per heavy atom. The minimum atomic E-state index is -0.0612. The first-order chi connectivity index (χ1) is 8.50. The first-order valence-corrected chi connectivity index (χ1v) is 6.08. The van der Waals surface area contributed by atoms with E-state index in [0.29, 0.717) is 0 Å². The van der Waals surface area contributed by atoms with Crippen molar-refractivity contribution in [1.82, 2.24) is 10.6 Å². The van der Waals surface area contributed by atoms with Gasteiger partial charge in [0.15, 0.2) is 11.5 Å². The Balaban J connectivity index is 3.15. The van der Waals surface area contributed by atoms with Crippen LogP contribution in [0.5, 0.6) is 11.5 Å². The fourth-order valence-corrected chi connectivity index (χ4v) is 2.12. The molecule has 1 rings (SSSR count). The molecule has 0 radical (unpaired) electrons. The molecule has 0 heterocycles. The molecule has 0 fully saturated rings. The van der Waals surface area contributed by atoms with E-state index in [4.69, 9.17) is 9.47 Å². The lowest BCUT2D eigenvalue weighted by molar-refractivity contribution is 0.308. The van der Waals surface area contributed by atoms with E-state index in [-0.39, 0.29) is 11.6 Å². The SMILES string of the molecule is CNC(c1ccc(OC)c(OC)c1)C(C)(C)NC. The van der Waals surface area contributed by atoms with Gasteiger partial charge in [0.2, 0.25) is 0 Å². The lowest BCUT2D eigenvalue weighted by atomic mass is 9.88. The third-order valence-electron chi connectivity index (χ3n) is 3.40. The average molecular weight is 252 g/mol. The first-order valence-electron chi connectivity index (χ1n) is 6.08. The monoisotopic (exact) mass is 252 g/mol. The fourth-order valence-electron chi connectivity index (χ4n) is 2.12. The van der Waals surface area contributed by atoms with Crippen molar-refractivity contribution in [3.05, 3.63) is 23.8 Å². The van der Waals surface area contributed by atoms with Gasteiger partial charge >= 0.3 is 0 Å². The van der Waals surface area contributed by atoms with Gasteiger partial charge in [-0.1, -0.05) is 6.07 Å². The van der Waals surface area contributed by atoms with Crippen molar-refractivity contribution in [2.24, 2.45) is 0 Å².